The fourth-order valence-electron chi connectivity index (χ4n) is 9.65. The Bertz CT molecular complexity index is 2780. The molecule has 0 spiro atoms. The van der Waals surface area contributed by atoms with Gasteiger partial charge in [-0.2, -0.15) is 0 Å². The van der Waals surface area contributed by atoms with Gasteiger partial charge in [0, 0.05) is 25.7 Å². The molecule has 0 saturated heterocycles. The molecule has 0 aromatic rings. The summed E-state index contributed by atoms with van der Waals surface area (Å²) in [7, 11) is -10.0. The van der Waals surface area contributed by atoms with Crippen LogP contribution in [0, 0.1) is 0 Å². The average Bonchev–Trinajstić information content (AvgIpc) is 0.909. The molecule has 0 radical (unpaired) electrons. The van der Waals surface area contributed by atoms with E-state index in [-0.39, 0.29) is 25.7 Å². The van der Waals surface area contributed by atoms with E-state index in [0.717, 1.165) is 180 Å². The van der Waals surface area contributed by atoms with Crippen LogP contribution in [0.15, 0.2) is 194 Å². The molecule has 0 saturated carbocycles. The van der Waals surface area contributed by atoms with Gasteiger partial charge in [-0.15, -0.1) is 0 Å². The van der Waals surface area contributed by atoms with E-state index in [2.05, 4.69) is 222 Å². The molecule has 3 N–H and O–H groups in total. The summed E-state index contributed by atoms with van der Waals surface area (Å²) in [5.41, 5.74) is 0. The van der Waals surface area contributed by atoms with Crippen LogP contribution in [-0.2, 0) is 65.4 Å². The van der Waals surface area contributed by atoms with Crippen LogP contribution < -0.4 is 0 Å². The van der Waals surface area contributed by atoms with Gasteiger partial charge in [0.1, 0.15) is 19.3 Å². The molecular formula is C87H138O17P2. The maximum absolute atomic E-state index is 13.1. The smallest absolute Gasteiger partial charge is 0.462 e. The van der Waals surface area contributed by atoms with Crippen molar-refractivity contribution in [2.24, 2.45) is 0 Å². The van der Waals surface area contributed by atoms with E-state index in [4.69, 9.17) is 37.0 Å². The Hall–Kier alpha value is -6.10. The first-order chi connectivity index (χ1) is 51.7. The normalized spacial score (nSPS) is 14.9. The van der Waals surface area contributed by atoms with Crippen LogP contribution in [0.4, 0.5) is 0 Å². The lowest BCUT2D eigenvalue weighted by atomic mass is 10.1. The number of phosphoric ester groups is 2. The zero-order chi connectivity index (χ0) is 77.4. The maximum Gasteiger partial charge on any atom is 0.472 e. The Kier molecular flexibility index (Phi) is 72.6. The first-order valence-electron chi connectivity index (χ1n) is 39.7. The molecule has 0 fully saturated rings. The SMILES string of the molecule is CC/C=C\C/C=C\C/C=C\C/C=C\CCCCCCCCC(=O)OCC(COP(=O)(O)OCC(O)COP(=O)(O)OCC(COC(=O)CCCCCC/C=C\C/C=C\C/C=C\C/C=C\CC)OC(=O)CCCC/C=C\C/C=C\C/C=C\C/C=C\CC)OC(=O)CCCC/C=C\C/C=C\C/C=C\C/C=C\CC. The van der Waals surface area contributed by atoms with Crippen LogP contribution in [0.3, 0.4) is 0 Å². The summed E-state index contributed by atoms with van der Waals surface area (Å²) >= 11 is 0. The van der Waals surface area contributed by atoms with Crippen molar-refractivity contribution in [3.8, 4) is 0 Å². The van der Waals surface area contributed by atoms with Crippen LogP contribution in [0.2, 0.25) is 0 Å². The van der Waals surface area contributed by atoms with Crippen LogP contribution in [0.25, 0.3) is 0 Å². The summed E-state index contributed by atoms with van der Waals surface area (Å²) in [6.45, 7) is 4.25. The predicted octanol–water partition coefficient (Wildman–Crippen LogP) is 23.3. The molecule has 598 valence electrons. The molecule has 0 aromatic heterocycles. The number of aliphatic hydroxyl groups is 1. The lowest BCUT2D eigenvalue weighted by molar-refractivity contribution is -0.161. The molecule has 0 aliphatic heterocycles. The molecule has 0 heterocycles. The highest BCUT2D eigenvalue weighted by atomic mass is 31.2. The van der Waals surface area contributed by atoms with Gasteiger partial charge in [-0.3, -0.25) is 37.3 Å². The van der Waals surface area contributed by atoms with E-state index in [1.165, 1.54) is 0 Å². The monoisotopic (exact) mass is 1520 g/mol. The minimum atomic E-state index is -5.01. The fourth-order valence-corrected chi connectivity index (χ4v) is 11.2. The summed E-state index contributed by atoms with van der Waals surface area (Å²) < 4.78 is 68.5. The highest BCUT2D eigenvalue weighted by Crippen LogP contribution is 2.45. The number of hydrogen-bond acceptors (Lipinski definition) is 15. The second kappa shape index (κ2) is 77.1. The minimum absolute atomic E-state index is 0.0279. The third-order valence-electron chi connectivity index (χ3n) is 15.5. The van der Waals surface area contributed by atoms with Gasteiger partial charge in [0.25, 0.3) is 0 Å². The molecule has 0 bridgehead atoms. The molecule has 17 nitrogen and oxygen atoms in total. The van der Waals surface area contributed by atoms with Gasteiger partial charge in [0.15, 0.2) is 12.2 Å². The van der Waals surface area contributed by atoms with Gasteiger partial charge >= 0.3 is 39.5 Å². The van der Waals surface area contributed by atoms with Crippen molar-refractivity contribution >= 4 is 39.5 Å². The number of aliphatic hydroxyl groups excluding tert-OH is 1. The molecule has 19 heteroatoms. The van der Waals surface area contributed by atoms with Crippen molar-refractivity contribution in [3.05, 3.63) is 194 Å². The third kappa shape index (κ3) is 76.1. The van der Waals surface area contributed by atoms with Crippen LogP contribution in [-0.4, -0.2) is 96.7 Å². The van der Waals surface area contributed by atoms with Crippen LogP contribution in [0.1, 0.15) is 272 Å². The van der Waals surface area contributed by atoms with E-state index in [0.29, 0.717) is 38.5 Å². The number of ether oxygens (including phenoxy) is 4. The molecule has 106 heavy (non-hydrogen) atoms. The number of allylic oxidation sites excluding steroid dienone is 32. The summed E-state index contributed by atoms with van der Waals surface area (Å²) in [6.07, 6.45) is 94.2. The van der Waals surface area contributed by atoms with E-state index < -0.39 is 97.5 Å². The minimum Gasteiger partial charge on any atom is -0.462 e. The molecule has 0 amide bonds. The van der Waals surface area contributed by atoms with Crippen molar-refractivity contribution in [3.63, 3.8) is 0 Å². The number of esters is 4. The number of phosphoric acid groups is 2. The second-order valence-corrected chi connectivity index (χ2v) is 28.4. The van der Waals surface area contributed by atoms with Crippen molar-refractivity contribution in [2.75, 3.05) is 39.6 Å². The molecule has 0 aliphatic rings. The number of hydrogen-bond donors (Lipinski definition) is 3. The van der Waals surface area contributed by atoms with Crippen molar-refractivity contribution in [1.82, 2.24) is 0 Å². The Morgan fingerprint density at radius 1 is 0.264 bits per heavy atom. The number of unbranched alkanes of at least 4 members (excludes halogenated alkanes) is 14. The quantitative estimate of drug-likeness (QED) is 0.0169. The zero-order valence-electron chi connectivity index (χ0n) is 65.3. The molecule has 0 aliphatic carbocycles. The van der Waals surface area contributed by atoms with Crippen LogP contribution >= 0.6 is 15.6 Å². The summed E-state index contributed by atoms with van der Waals surface area (Å²) in [6, 6.07) is 0. The average molecular weight is 1520 g/mol. The van der Waals surface area contributed by atoms with Gasteiger partial charge < -0.3 is 33.8 Å². The standard InChI is InChI=1S/C87H138O17P2/c1-5-9-13-17-21-25-29-33-37-39-40-42-46-48-52-56-60-64-68-72-85(90)98-78-83(104-87(92)74-70-66-62-58-54-50-44-36-32-28-24-20-16-12-8-4)80-102-106(95,96)100-76-81(88)75-99-105(93,94)101-79-82(103-86(91)73-69-65-61-57-53-49-43-35-31-27-23-19-15-11-7-3)77-97-84(89)71-67-63-59-55-51-47-45-41-38-34-30-26-22-18-14-10-6-2/h9-16,21-28,33-38,40,42-45,47,53-54,57-58,81-83,88H,5-8,17-20,29-32,39,41,46,48-52,55-56,59-80H2,1-4H3,(H,93,94)(H,95,96)/b13-9-,14-10-,15-11-,16-12-,25-21-,26-22-,27-23-,28-24-,37-33-,38-34-,42-40-,43-35-,44-36-,47-45-,57-53-,58-54-. The largest absolute Gasteiger partial charge is 0.472 e. The number of carbonyl (C=O) groups excluding carboxylic acids is 4. The van der Waals surface area contributed by atoms with Gasteiger partial charge in [0.2, 0.25) is 0 Å². The van der Waals surface area contributed by atoms with Gasteiger partial charge in [0.05, 0.1) is 26.4 Å². The highest BCUT2D eigenvalue weighted by Gasteiger charge is 2.30. The van der Waals surface area contributed by atoms with E-state index >= 15 is 0 Å². The Morgan fingerprint density at radius 3 is 0.726 bits per heavy atom. The van der Waals surface area contributed by atoms with Crippen molar-refractivity contribution in [1.29, 1.82) is 0 Å². The van der Waals surface area contributed by atoms with Crippen molar-refractivity contribution in [2.45, 2.75) is 290 Å². The Morgan fingerprint density at radius 2 is 0.462 bits per heavy atom. The van der Waals surface area contributed by atoms with E-state index in [1.807, 2.05) is 0 Å². The van der Waals surface area contributed by atoms with Gasteiger partial charge in [-0.25, -0.2) is 9.13 Å². The second-order valence-electron chi connectivity index (χ2n) is 25.5. The first kappa shape index (κ1) is 99.9. The Balaban J connectivity index is 5.48. The van der Waals surface area contributed by atoms with E-state index in [9.17, 15) is 43.2 Å². The van der Waals surface area contributed by atoms with Crippen LogP contribution in [0.5, 0.6) is 0 Å². The van der Waals surface area contributed by atoms with Gasteiger partial charge in [-0.1, -0.05) is 261 Å². The topological polar surface area (TPSA) is 237 Å². The summed E-state index contributed by atoms with van der Waals surface area (Å²) in [5.74, 6) is -2.33. The molecule has 5 unspecified atom stereocenters. The first-order valence-corrected chi connectivity index (χ1v) is 42.7. The van der Waals surface area contributed by atoms with E-state index in [1.54, 1.807) is 0 Å². The van der Waals surface area contributed by atoms with Gasteiger partial charge in [-0.05, 0) is 180 Å². The summed E-state index contributed by atoms with van der Waals surface area (Å²) in [4.78, 5) is 73.0. The third-order valence-corrected chi connectivity index (χ3v) is 17.4. The predicted molar refractivity (Wildman–Crippen MR) is 436 cm³/mol. The lowest BCUT2D eigenvalue weighted by Crippen LogP contribution is -2.30. The fraction of sp³-hybridized carbons (Fsp3) is 0.586. The number of carbonyl (C=O) groups is 4. The van der Waals surface area contributed by atoms with Crippen molar-refractivity contribution < 1.29 is 80.2 Å². The maximum atomic E-state index is 13.1. The number of rotatable bonds is 72. The highest BCUT2D eigenvalue weighted by molar-refractivity contribution is 7.47. The summed E-state index contributed by atoms with van der Waals surface area (Å²) in [5, 5.41) is 10.6. The molecule has 0 aromatic carbocycles. The molecule has 5 atom stereocenters. The lowest BCUT2D eigenvalue weighted by Gasteiger charge is -2.21. The molecule has 0 rings (SSSR count). The molecular weight excluding hydrogens is 1380 g/mol. The zero-order valence-corrected chi connectivity index (χ0v) is 67.1. The Labute approximate surface area is 640 Å².